The van der Waals surface area contributed by atoms with E-state index in [0.29, 0.717) is 12.9 Å². The number of unbranched alkanes of at least 4 members (excludes halogenated alkanes) is 9. The number of aliphatic carboxylic acids is 1. The van der Waals surface area contributed by atoms with Gasteiger partial charge < -0.3 is 19.7 Å². The summed E-state index contributed by atoms with van der Waals surface area (Å²) in [7, 11) is 0. The molecule has 9 heteroatoms. The maximum atomic E-state index is 12.1. The lowest BCUT2D eigenvalue weighted by atomic mass is 10.1. The molecule has 2 atom stereocenters. The molecule has 2 rings (SSSR count). The van der Waals surface area contributed by atoms with Gasteiger partial charge in [-0.2, -0.15) is 0 Å². The molecule has 2 aromatic carbocycles. The van der Waals surface area contributed by atoms with Crippen LogP contribution in [0, 0.1) is 0 Å². The van der Waals surface area contributed by atoms with E-state index in [1.165, 1.54) is 81.3 Å². The molecule has 0 aliphatic rings. The Morgan fingerprint density at radius 3 is 1.84 bits per heavy atom. The van der Waals surface area contributed by atoms with Gasteiger partial charge in [-0.1, -0.05) is 125 Å². The molecular formula is C35H52O6S3. The van der Waals surface area contributed by atoms with Crippen molar-refractivity contribution in [1.82, 2.24) is 0 Å². The first-order valence-electron chi connectivity index (χ1n) is 15.7. The topological polar surface area (TPSA) is 101 Å². The lowest BCUT2D eigenvalue weighted by Crippen LogP contribution is -2.13. The quantitative estimate of drug-likeness (QED) is 0.0471. The zero-order chi connectivity index (χ0) is 32.8. The summed E-state index contributed by atoms with van der Waals surface area (Å²) >= 11 is 8.04. The third kappa shape index (κ3) is 23.2. The Kier molecular flexibility index (Phi) is 28.0. The monoisotopic (exact) mass is 664 g/mol. The van der Waals surface area contributed by atoms with Crippen LogP contribution in [0.15, 0.2) is 65.6 Å². The number of hydrogen-bond acceptors (Lipinski definition) is 8. The minimum atomic E-state index is -0.777. The normalized spacial score (nSPS) is 11.5. The van der Waals surface area contributed by atoms with Crippen LogP contribution in [0.5, 0.6) is 0 Å². The molecule has 0 amide bonds. The second-order valence-corrected chi connectivity index (χ2v) is 13.4. The fraction of sp³-hybridized carbons (Fsp3) is 0.543. The van der Waals surface area contributed by atoms with Crippen molar-refractivity contribution in [2.75, 3.05) is 13.2 Å². The number of carboxylic acid groups (broad SMARTS) is 1. The smallest absolute Gasteiger partial charge is 0.323 e. The van der Waals surface area contributed by atoms with Gasteiger partial charge in [0.1, 0.15) is 16.8 Å². The summed E-state index contributed by atoms with van der Waals surface area (Å²) in [6, 6.07) is 19.6. The summed E-state index contributed by atoms with van der Waals surface area (Å²) in [4.78, 5) is 33.1. The van der Waals surface area contributed by atoms with Crippen LogP contribution < -0.4 is 0 Å². The summed E-state index contributed by atoms with van der Waals surface area (Å²) in [6.07, 6.45) is 15.0. The lowest BCUT2D eigenvalue weighted by molar-refractivity contribution is -0.142. The van der Waals surface area contributed by atoms with Gasteiger partial charge in [0.05, 0.1) is 6.61 Å². The molecule has 2 unspecified atom stereocenters. The molecule has 0 saturated heterocycles. The molecule has 0 spiro atoms. The second-order valence-electron chi connectivity index (χ2n) is 10.1. The van der Waals surface area contributed by atoms with Crippen molar-refractivity contribution >= 4 is 58.2 Å². The highest BCUT2D eigenvalue weighted by molar-refractivity contribution is 8.23. The number of rotatable bonds is 20. The van der Waals surface area contributed by atoms with Gasteiger partial charge in [0.15, 0.2) is 0 Å². The number of esters is 1. The summed E-state index contributed by atoms with van der Waals surface area (Å²) in [5.41, 5.74) is 0.967. The van der Waals surface area contributed by atoms with Crippen molar-refractivity contribution in [2.24, 2.45) is 0 Å². The van der Waals surface area contributed by atoms with Gasteiger partial charge in [-0.3, -0.25) is 9.59 Å². The SMILES string of the molecule is CCCCCCCCCCCCC(=S)SC(C)C(=O)O.CCOC(=O)C(Sc1ccccc1)c1ccccc1.O=CCCO. The first kappa shape index (κ1) is 41.8. The van der Waals surface area contributed by atoms with Crippen LogP contribution in [0.4, 0.5) is 0 Å². The van der Waals surface area contributed by atoms with E-state index in [1.807, 2.05) is 67.6 Å². The molecule has 0 heterocycles. The van der Waals surface area contributed by atoms with Crippen LogP contribution >= 0.6 is 35.7 Å². The standard InChI is InChI=1S/C16H30O2S2.C16H16O2S.C3H6O2/c1-3-4-5-6-7-8-9-10-11-12-13-15(19)20-14(2)16(17)18;1-2-18-16(17)15(13-9-5-3-6-10-13)19-14-11-7-4-8-12-14;4-2-1-3-5/h14H,3-13H2,1-2H3,(H,17,18);3-12,15H,2H2,1H3;2,5H,1,3H2. The second kappa shape index (κ2) is 29.5. The minimum Gasteiger partial charge on any atom is -0.480 e. The molecule has 246 valence electrons. The lowest BCUT2D eigenvalue weighted by Gasteiger charge is -2.15. The van der Waals surface area contributed by atoms with E-state index in [2.05, 4.69) is 6.92 Å². The van der Waals surface area contributed by atoms with Crippen LogP contribution in [0.2, 0.25) is 0 Å². The molecule has 2 N–H and O–H groups in total. The Bertz CT molecular complexity index is 1000. The number of ether oxygens (including phenoxy) is 1. The summed E-state index contributed by atoms with van der Waals surface area (Å²) < 4.78 is 6.02. The molecule has 44 heavy (non-hydrogen) atoms. The van der Waals surface area contributed by atoms with Crippen molar-refractivity contribution < 1.29 is 29.3 Å². The average molecular weight is 665 g/mol. The van der Waals surface area contributed by atoms with E-state index in [0.717, 1.165) is 27.5 Å². The molecular weight excluding hydrogens is 613 g/mol. The van der Waals surface area contributed by atoms with Crippen molar-refractivity contribution in [1.29, 1.82) is 0 Å². The number of carbonyl (C=O) groups is 3. The average Bonchev–Trinajstić information content (AvgIpc) is 3.03. The molecule has 2 aromatic rings. The number of aliphatic hydroxyl groups excluding tert-OH is 1. The largest absolute Gasteiger partial charge is 0.480 e. The minimum absolute atomic E-state index is 0.0243. The highest BCUT2D eigenvalue weighted by atomic mass is 32.2. The van der Waals surface area contributed by atoms with Crippen LogP contribution in [0.25, 0.3) is 0 Å². The van der Waals surface area contributed by atoms with E-state index in [-0.39, 0.29) is 24.2 Å². The predicted octanol–water partition coefficient (Wildman–Crippen LogP) is 9.48. The van der Waals surface area contributed by atoms with Crippen molar-refractivity contribution in [2.45, 2.75) is 113 Å². The van der Waals surface area contributed by atoms with Crippen LogP contribution in [0.1, 0.15) is 109 Å². The highest BCUT2D eigenvalue weighted by Crippen LogP contribution is 2.36. The van der Waals surface area contributed by atoms with E-state index in [1.54, 1.807) is 6.92 Å². The summed E-state index contributed by atoms with van der Waals surface area (Å²) in [5, 5.41) is 15.9. The Balaban J connectivity index is 0.000000729. The third-order valence-electron chi connectivity index (χ3n) is 6.24. The van der Waals surface area contributed by atoms with Crippen molar-refractivity contribution in [3.05, 3.63) is 66.2 Å². The molecule has 0 aliphatic carbocycles. The first-order chi connectivity index (χ1) is 21.3. The van der Waals surface area contributed by atoms with Gasteiger partial charge in [-0.25, -0.2) is 0 Å². The van der Waals surface area contributed by atoms with E-state index in [9.17, 15) is 14.4 Å². The number of thioether (sulfide) groups is 2. The van der Waals surface area contributed by atoms with Gasteiger partial charge in [0.25, 0.3) is 0 Å². The Labute approximate surface area is 279 Å². The number of hydrogen-bond donors (Lipinski definition) is 2. The number of benzene rings is 2. The fourth-order valence-electron chi connectivity index (χ4n) is 3.85. The van der Waals surface area contributed by atoms with Crippen LogP contribution in [-0.2, 0) is 19.1 Å². The van der Waals surface area contributed by atoms with Crippen LogP contribution in [0.3, 0.4) is 0 Å². The number of thiocarbonyl (C=S) groups is 1. The van der Waals surface area contributed by atoms with E-state index < -0.39 is 11.2 Å². The third-order valence-corrected chi connectivity index (χ3v) is 9.00. The predicted molar refractivity (Wildman–Crippen MR) is 190 cm³/mol. The van der Waals surface area contributed by atoms with Gasteiger partial charge in [-0.05, 0) is 44.4 Å². The molecule has 6 nitrogen and oxygen atoms in total. The molecule has 0 saturated carbocycles. The van der Waals surface area contributed by atoms with Crippen molar-refractivity contribution in [3.8, 4) is 0 Å². The molecule has 0 aromatic heterocycles. The van der Waals surface area contributed by atoms with E-state index in [4.69, 9.17) is 27.2 Å². The molecule has 0 radical (unpaired) electrons. The zero-order valence-electron chi connectivity index (χ0n) is 26.7. The first-order valence-corrected chi connectivity index (χ1v) is 17.9. The fourth-order valence-corrected chi connectivity index (χ4v) is 6.23. The highest BCUT2D eigenvalue weighted by Gasteiger charge is 2.23. The molecule has 0 bridgehead atoms. The van der Waals surface area contributed by atoms with Gasteiger partial charge >= 0.3 is 11.9 Å². The number of aliphatic hydroxyl groups is 1. The van der Waals surface area contributed by atoms with E-state index >= 15 is 0 Å². The summed E-state index contributed by atoms with van der Waals surface area (Å²) in [6.45, 7) is 6.14. The Morgan fingerprint density at radius 2 is 1.39 bits per heavy atom. The summed E-state index contributed by atoms with van der Waals surface area (Å²) in [5.74, 6) is -0.969. The van der Waals surface area contributed by atoms with Gasteiger partial charge in [-0.15, -0.1) is 23.5 Å². The maximum Gasteiger partial charge on any atom is 0.323 e. The van der Waals surface area contributed by atoms with Gasteiger partial charge in [0, 0.05) is 22.1 Å². The van der Waals surface area contributed by atoms with Gasteiger partial charge in [0.2, 0.25) is 0 Å². The molecule has 0 aliphatic heterocycles. The van der Waals surface area contributed by atoms with Crippen LogP contribution in [-0.4, -0.2) is 51.1 Å². The maximum absolute atomic E-state index is 12.1. The Morgan fingerprint density at radius 1 is 0.864 bits per heavy atom. The number of aldehydes is 1. The number of carbonyl (C=O) groups excluding carboxylic acids is 2. The molecule has 0 fully saturated rings. The van der Waals surface area contributed by atoms with Crippen molar-refractivity contribution in [3.63, 3.8) is 0 Å². The Hall–Kier alpha value is -2.20. The number of carboxylic acids is 1. The zero-order valence-corrected chi connectivity index (χ0v) is 29.1.